The van der Waals surface area contributed by atoms with Crippen LogP contribution in [0.15, 0.2) is 42.5 Å². The Labute approximate surface area is 270 Å². The molecule has 250 valence electrons. The fraction of sp³-hybridized carbons (Fsp3) is 0.500. The minimum absolute atomic E-state index is 0.0213. The zero-order valence-electron chi connectivity index (χ0n) is 25.4. The topological polar surface area (TPSA) is 179 Å². The zero-order valence-corrected chi connectivity index (χ0v) is 26.2. The lowest BCUT2D eigenvalue weighted by Gasteiger charge is -2.42. The maximum atomic E-state index is 14.0. The Morgan fingerprint density at radius 3 is 2.17 bits per heavy atom. The minimum Gasteiger partial charge on any atom is -0.481 e. The molecule has 2 fully saturated rings. The van der Waals surface area contributed by atoms with Crippen molar-refractivity contribution in [2.75, 3.05) is 51.2 Å². The highest BCUT2D eigenvalue weighted by Crippen LogP contribution is 2.46. The van der Waals surface area contributed by atoms with Gasteiger partial charge in [-0.25, -0.2) is 9.18 Å². The van der Waals surface area contributed by atoms with E-state index in [1.54, 1.807) is 17.0 Å². The molecule has 2 aromatic rings. The van der Waals surface area contributed by atoms with Crippen molar-refractivity contribution in [1.29, 1.82) is 0 Å². The number of piperidine rings is 1. The SMILES string of the molecule is CN1CC2(CCN(CC(Cc3ccccc3Cl)C(=O)N3CC(O)C3)CC2)c2cc(F)ccc21.O=C(O)CC(O)(CC(=O)O)C(=O)O. The van der Waals surface area contributed by atoms with Gasteiger partial charge in [0.15, 0.2) is 5.60 Å². The fourth-order valence-corrected chi connectivity index (χ4v) is 6.77. The van der Waals surface area contributed by atoms with Gasteiger partial charge in [0.1, 0.15) is 5.82 Å². The van der Waals surface area contributed by atoms with Crippen molar-refractivity contribution in [2.24, 2.45) is 5.92 Å². The number of amides is 1. The molecular formula is C32H39ClFN3O9. The Kier molecular flexibility index (Phi) is 10.9. The first kappa shape index (κ1) is 35.1. The number of nitrogens with zero attached hydrogens (tertiary/aromatic N) is 3. The molecule has 3 aliphatic rings. The van der Waals surface area contributed by atoms with Crippen LogP contribution in [0.2, 0.25) is 5.02 Å². The van der Waals surface area contributed by atoms with Gasteiger partial charge in [-0.05, 0) is 67.7 Å². The highest BCUT2D eigenvalue weighted by atomic mass is 35.5. The summed E-state index contributed by atoms with van der Waals surface area (Å²) in [7, 11) is 2.08. The van der Waals surface area contributed by atoms with Gasteiger partial charge in [0.25, 0.3) is 0 Å². The molecule has 46 heavy (non-hydrogen) atoms. The summed E-state index contributed by atoms with van der Waals surface area (Å²) in [6.45, 7) is 4.15. The highest BCUT2D eigenvalue weighted by Gasteiger charge is 2.45. The first-order chi connectivity index (χ1) is 21.6. The van der Waals surface area contributed by atoms with Crippen LogP contribution in [-0.2, 0) is 31.0 Å². The zero-order chi connectivity index (χ0) is 33.8. The number of carboxylic acids is 3. The standard InChI is InChI=1S/C26H31ClFN3O2.C6H8O7/c1-29-17-26(22-13-20(28)6-7-24(22)29)8-10-30(11-9-26)14-19(25(33)31-15-21(32)16-31)12-18-4-2-3-5-23(18)27;7-3(8)1-6(13,5(11)12)2-4(9)10/h2-7,13,19,21,32H,8-12,14-17H2,1H3;13H,1-2H2,(H,7,8)(H,9,10)(H,11,12). The molecule has 1 unspecified atom stereocenters. The monoisotopic (exact) mass is 663 g/mol. The number of aliphatic carboxylic acids is 3. The van der Waals surface area contributed by atoms with E-state index in [-0.39, 0.29) is 23.1 Å². The van der Waals surface area contributed by atoms with Crippen molar-refractivity contribution >= 4 is 41.1 Å². The van der Waals surface area contributed by atoms with Crippen molar-refractivity contribution in [3.05, 3.63) is 64.4 Å². The van der Waals surface area contributed by atoms with Crippen LogP contribution >= 0.6 is 11.6 Å². The van der Waals surface area contributed by atoms with Crippen molar-refractivity contribution < 1.29 is 49.1 Å². The number of likely N-dealkylation sites (tertiary alicyclic amines) is 2. The summed E-state index contributed by atoms with van der Waals surface area (Å²) in [5.74, 6) is -5.31. The Balaban J connectivity index is 0.000000315. The number of aliphatic hydroxyl groups is 2. The molecule has 2 saturated heterocycles. The lowest BCUT2D eigenvalue weighted by atomic mass is 9.74. The molecule has 5 rings (SSSR count). The fourth-order valence-electron chi connectivity index (χ4n) is 6.56. The van der Waals surface area contributed by atoms with E-state index in [2.05, 4.69) is 16.8 Å². The summed E-state index contributed by atoms with van der Waals surface area (Å²) in [6.07, 6.45) is -0.219. The van der Waals surface area contributed by atoms with Crippen LogP contribution in [0.5, 0.6) is 0 Å². The van der Waals surface area contributed by atoms with Gasteiger partial charge in [-0.15, -0.1) is 0 Å². The molecule has 14 heteroatoms. The molecule has 0 radical (unpaired) electrons. The number of hydrogen-bond acceptors (Lipinski definition) is 8. The number of rotatable bonds is 10. The van der Waals surface area contributed by atoms with Crippen molar-refractivity contribution in [3.63, 3.8) is 0 Å². The predicted octanol–water partition coefficient (Wildman–Crippen LogP) is 2.08. The lowest BCUT2D eigenvalue weighted by Crippen LogP contribution is -2.57. The van der Waals surface area contributed by atoms with Crippen LogP contribution in [0.25, 0.3) is 0 Å². The maximum Gasteiger partial charge on any atom is 0.336 e. The van der Waals surface area contributed by atoms with Gasteiger partial charge >= 0.3 is 17.9 Å². The largest absolute Gasteiger partial charge is 0.481 e. The first-order valence-electron chi connectivity index (χ1n) is 15.0. The number of halogens is 2. The number of β-amino-alcohol motifs (C(OH)–C–C–N with tert-alkyl or cyclic N) is 1. The summed E-state index contributed by atoms with van der Waals surface area (Å²) in [6, 6.07) is 12.9. The Morgan fingerprint density at radius 2 is 1.63 bits per heavy atom. The van der Waals surface area contributed by atoms with Crippen molar-refractivity contribution in [2.45, 2.75) is 49.2 Å². The number of benzene rings is 2. The summed E-state index contributed by atoms with van der Waals surface area (Å²) >= 11 is 6.41. The van der Waals surface area contributed by atoms with E-state index in [4.69, 9.17) is 32.0 Å². The van der Waals surface area contributed by atoms with Gasteiger partial charge < -0.3 is 40.2 Å². The van der Waals surface area contributed by atoms with Crippen LogP contribution in [0, 0.1) is 11.7 Å². The average Bonchev–Trinajstić information content (AvgIpc) is 3.22. The number of anilines is 1. The molecule has 0 saturated carbocycles. The quantitative estimate of drug-likeness (QED) is 0.251. The molecular weight excluding hydrogens is 625 g/mol. The normalized spacial score (nSPS) is 18.3. The number of hydrogen-bond donors (Lipinski definition) is 5. The van der Waals surface area contributed by atoms with E-state index in [0.717, 1.165) is 49.3 Å². The molecule has 0 aromatic heterocycles. The van der Waals surface area contributed by atoms with Crippen LogP contribution in [-0.4, -0.2) is 117 Å². The van der Waals surface area contributed by atoms with Gasteiger partial charge in [0, 0.05) is 49.4 Å². The van der Waals surface area contributed by atoms with E-state index in [9.17, 15) is 28.7 Å². The molecule has 1 atom stereocenters. The summed E-state index contributed by atoms with van der Waals surface area (Å²) in [5.41, 5.74) is 0.481. The van der Waals surface area contributed by atoms with Crippen LogP contribution < -0.4 is 4.90 Å². The number of fused-ring (bicyclic) bond motifs is 2. The number of carbonyl (C=O) groups excluding carboxylic acids is 1. The Bertz CT molecular complexity index is 1440. The predicted molar refractivity (Wildman–Crippen MR) is 165 cm³/mol. The number of likely N-dealkylation sites (N-methyl/N-ethyl adjacent to an activating group) is 1. The van der Waals surface area contributed by atoms with Gasteiger partial charge in [-0.3, -0.25) is 14.4 Å². The molecule has 3 aliphatic heterocycles. The van der Waals surface area contributed by atoms with Crippen molar-refractivity contribution in [1.82, 2.24) is 9.80 Å². The molecule has 5 N–H and O–H groups in total. The average molecular weight is 664 g/mol. The van der Waals surface area contributed by atoms with Gasteiger partial charge in [0.05, 0.1) is 24.9 Å². The Morgan fingerprint density at radius 1 is 1.02 bits per heavy atom. The van der Waals surface area contributed by atoms with E-state index in [1.807, 2.05) is 30.3 Å². The van der Waals surface area contributed by atoms with Gasteiger partial charge in [-0.2, -0.15) is 0 Å². The maximum absolute atomic E-state index is 14.0. The second-order valence-electron chi connectivity index (χ2n) is 12.5. The smallest absolute Gasteiger partial charge is 0.336 e. The molecule has 12 nitrogen and oxygen atoms in total. The second kappa shape index (κ2) is 14.3. The summed E-state index contributed by atoms with van der Waals surface area (Å²) in [4.78, 5) is 50.1. The molecule has 3 heterocycles. The number of carboxylic acid groups (broad SMARTS) is 3. The van der Waals surface area contributed by atoms with E-state index < -0.39 is 42.5 Å². The third-order valence-electron chi connectivity index (χ3n) is 9.01. The van der Waals surface area contributed by atoms with Crippen LogP contribution in [0.1, 0.15) is 36.8 Å². The van der Waals surface area contributed by atoms with Crippen molar-refractivity contribution in [3.8, 4) is 0 Å². The molecule has 0 aliphatic carbocycles. The Hall–Kier alpha value is -3.78. The second-order valence-corrected chi connectivity index (χ2v) is 12.9. The van der Waals surface area contributed by atoms with Crippen LogP contribution in [0.4, 0.5) is 10.1 Å². The summed E-state index contributed by atoms with van der Waals surface area (Å²) in [5, 5.41) is 44.2. The highest BCUT2D eigenvalue weighted by molar-refractivity contribution is 6.31. The minimum atomic E-state index is -2.74. The molecule has 0 bridgehead atoms. The van der Waals surface area contributed by atoms with Gasteiger partial charge in [-0.1, -0.05) is 29.8 Å². The third kappa shape index (κ3) is 8.13. The lowest BCUT2D eigenvalue weighted by molar-refractivity contribution is -0.170. The third-order valence-corrected chi connectivity index (χ3v) is 9.37. The van der Waals surface area contributed by atoms with E-state index in [0.29, 0.717) is 31.1 Å². The number of aliphatic hydroxyl groups excluding tert-OH is 1. The molecule has 1 spiro atoms. The van der Waals surface area contributed by atoms with E-state index in [1.165, 1.54) is 0 Å². The number of carbonyl (C=O) groups is 4. The first-order valence-corrected chi connectivity index (χ1v) is 15.3. The summed E-state index contributed by atoms with van der Waals surface area (Å²) < 4.78 is 14.0. The molecule has 2 aromatic carbocycles. The van der Waals surface area contributed by atoms with E-state index >= 15 is 0 Å². The molecule has 1 amide bonds. The van der Waals surface area contributed by atoms with Gasteiger partial charge in [0.2, 0.25) is 5.91 Å². The van der Waals surface area contributed by atoms with Crippen LogP contribution in [0.3, 0.4) is 0 Å².